The van der Waals surface area contributed by atoms with Crippen LogP contribution in [-0.4, -0.2) is 36.8 Å². The van der Waals surface area contributed by atoms with Crippen LogP contribution in [0, 0.1) is 5.41 Å². The van der Waals surface area contributed by atoms with Crippen LogP contribution >= 0.6 is 0 Å². The maximum Gasteiger partial charge on any atom is 0.510 e. The molecule has 1 unspecified atom stereocenters. The molecule has 0 saturated heterocycles. The van der Waals surface area contributed by atoms with E-state index >= 15 is 0 Å². The summed E-state index contributed by atoms with van der Waals surface area (Å²) in [6, 6.07) is 0. The summed E-state index contributed by atoms with van der Waals surface area (Å²) in [4.78, 5) is 24.3. The van der Waals surface area contributed by atoms with E-state index in [-0.39, 0.29) is 17.9 Å². The molecule has 0 spiro atoms. The lowest BCUT2D eigenvalue weighted by Gasteiger charge is -2.29. The third kappa shape index (κ3) is 2.99. The highest BCUT2D eigenvalue weighted by Crippen LogP contribution is 2.34. The molecule has 5 nitrogen and oxygen atoms in total. The Hall–Kier alpha value is -1.52. The highest BCUT2D eigenvalue weighted by atomic mass is 16.7. The number of hydrogen-bond donors (Lipinski definition) is 0. The summed E-state index contributed by atoms with van der Waals surface area (Å²) in [5, 5.41) is 0. The fraction of sp³-hybridized carbons (Fsp3) is 0.667. The molecule has 0 fully saturated rings. The van der Waals surface area contributed by atoms with Crippen LogP contribution in [0.4, 0.5) is 4.79 Å². The van der Waals surface area contributed by atoms with Gasteiger partial charge in [-0.1, -0.05) is 20.8 Å². The molecular weight excluding hydrogens is 222 g/mol. The van der Waals surface area contributed by atoms with Crippen molar-refractivity contribution in [3.8, 4) is 0 Å². The molecule has 0 aromatic heterocycles. The van der Waals surface area contributed by atoms with Crippen LogP contribution in [0.2, 0.25) is 0 Å². The Bertz CT molecular complexity index is 354. The van der Waals surface area contributed by atoms with E-state index in [1.54, 1.807) is 14.0 Å². The van der Waals surface area contributed by atoms with Crippen LogP contribution in [0.1, 0.15) is 27.7 Å². The zero-order valence-electron chi connectivity index (χ0n) is 10.9. The Morgan fingerprint density at radius 3 is 2.53 bits per heavy atom. The summed E-state index contributed by atoms with van der Waals surface area (Å²) in [5.74, 6) is -0.163. The molecule has 5 heteroatoms. The number of carbonyl (C=O) groups excluding carboxylic acids is 2. The second-order valence-corrected chi connectivity index (χ2v) is 4.95. The maximum atomic E-state index is 11.6. The summed E-state index contributed by atoms with van der Waals surface area (Å²) < 4.78 is 9.87. The molecule has 0 aromatic carbocycles. The molecule has 1 atom stereocenters. The van der Waals surface area contributed by atoms with E-state index in [1.807, 2.05) is 20.8 Å². The third-order valence-corrected chi connectivity index (χ3v) is 2.58. The number of carbonyl (C=O) groups is 2. The predicted molar refractivity (Wildman–Crippen MR) is 62.2 cm³/mol. The SMILES string of the molecule is CCOC(=O)OC1C(C(C)(C)C)=CC(=O)N1C. The molecule has 1 rings (SSSR count). The van der Waals surface area contributed by atoms with Crippen molar-refractivity contribution >= 4 is 12.1 Å². The Kier molecular flexibility index (Phi) is 3.80. The fourth-order valence-electron chi connectivity index (χ4n) is 1.60. The summed E-state index contributed by atoms with van der Waals surface area (Å²) >= 11 is 0. The van der Waals surface area contributed by atoms with Crippen molar-refractivity contribution in [2.75, 3.05) is 13.7 Å². The van der Waals surface area contributed by atoms with E-state index in [1.165, 1.54) is 11.0 Å². The molecule has 0 radical (unpaired) electrons. The summed E-state index contributed by atoms with van der Waals surface area (Å²) in [6.07, 6.45) is 0.0971. The lowest BCUT2D eigenvalue weighted by atomic mass is 9.86. The van der Waals surface area contributed by atoms with Crippen molar-refractivity contribution in [3.63, 3.8) is 0 Å². The van der Waals surface area contributed by atoms with Gasteiger partial charge in [0.05, 0.1) is 6.61 Å². The Morgan fingerprint density at radius 2 is 2.06 bits per heavy atom. The van der Waals surface area contributed by atoms with Gasteiger partial charge in [-0.3, -0.25) is 4.79 Å². The largest absolute Gasteiger partial charge is 0.510 e. The molecule has 0 N–H and O–H groups in total. The average molecular weight is 241 g/mol. The van der Waals surface area contributed by atoms with E-state index in [2.05, 4.69) is 0 Å². The van der Waals surface area contributed by atoms with E-state index in [0.717, 1.165) is 5.57 Å². The second-order valence-electron chi connectivity index (χ2n) is 4.95. The van der Waals surface area contributed by atoms with Gasteiger partial charge in [-0.05, 0) is 12.3 Å². The van der Waals surface area contributed by atoms with Crippen LogP contribution < -0.4 is 0 Å². The first-order valence-corrected chi connectivity index (χ1v) is 5.59. The molecule has 17 heavy (non-hydrogen) atoms. The van der Waals surface area contributed by atoms with E-state index < -0.39 is 12.4 Å². The lowest BCUT2D eigenvalue weighted by molar-refractivity contribution is -0.130. The van der Waals surface area contributed by atoms with Crippen LogP contribution in [0.5, 0.6) is 0 Å². The van der Waals surface area contributed by atoms with Gasteiger partial charge in [0, 0.05) is 18.7 Å². The molecule has 1 amide bonds. The topological polar surface area (TPSA) is 55.8 Å². The van der Waals surface area contributed by atoms with Crippen molar-refractivity contribution in [1.29, 1.82) is 0 Å². The first kappa shape index (κ1) is 13.5. The van der Waals surface area contributed by atoms with Crippen molar-refractivity contribution in [2.45, 2.75) is 33.9 Å². The second kappa shape index (κ2) is 4.77. The van der Waals surface area contributed by atoms with Gasteiger partial charge in [-0.2, -0.15) is 0 Å². The zero-order valence-corrected chi connectivity index (χ0v) is 10.9. The highest BCUT2D eigenvalue weighted by molar-refractivity contribution is 5.92. The van der Waals surface area contributed by atoms with Gasteiger partial charge >= 0.3 is 6.16 Å². The maximum absolute atomic E-state index is 11.6. The summed E-state index contributed by atoms with van der Waals surface area (Å²) in [5.41, 5.74) is 0.537. The molecule has 1 aliphatic rings. The number of amides is 1. The summed E-state index contributed by atoms with van der Waals surface area (Å²) in [7, 11) is 1.60. The standard InChI is InChI=1S/C12H19NO4/c1-6-16-11(15)17-10-8(12(2,3)4)7-9(14)13(10)5/h7,10H,6H2,1-5H3. The Labute approximate surface area is 101 Å². The van der Waals surface area contributed by atoms with E-state index in [4.69, 9.17) is 9.47 Å². The minimum absolute atomic E-state index is 0.163. The normalized spacial score (nSPS) is 20.3. The van der Waals surface area contributed by atoms with Gasteiger partial charge in [0.15, 0.2) is 0 Å². The number of likely N-dealkylation sites (N-methyl/N-ethyl adjacent to an activating group) is 1. The predicted octanol–water partition coefficient (Wildman–Crippen LogP) is 1.93. The number of ether oxygens (including phenoxy) is 2. The zero-order chi connectivity index (χ0) is 13.2. The molecular formula is C12H19NO4. The first-order valence-electron chi connectivity index (χ1n) is 5.59. The van der Waals surface area contributed by atoms with Gasteiger partial charge in [0.25, 0.3) is 0 Å². The Balaban J connectivity index is 2.85. The van der Waals surface area contributed by atoms with Crippen molar-refractivity contribution in [3.05, 3.63) is 11.6 Å². The molecule has 1 heterocycles. The number of rotatable bonds is 2. The quantitative estimate of drug-likeness (QED) is 0.693. The van der Waals surface area contributed by atoms with Gasteiger partial charge in [-0.15, -0.1) is 0 Å². The van der Waals surface area contributed by atoms with Gasteiger partial charge in [0.1, 0.15) is 0 Å². The molecule has 0 aromatic rings. The molecule has 0 bridgehead atoms. The van der Waals surface area contributed by atoms with Crippen LogP contribution in [0.3, 0.4) is 0 Å². The van der Waals surface area contributed by atoms with E-state index in [0.29, 0.717) is 0 Å². The smallest absolute Gasteiger partial charge is 0.435 e. The fourth-order valence-corrected chi connectivity index (χ4v) is 1.60. The minimum atomic E-state index is -0.755. The van der Waals surface area contributed by atoms with Gasteiger partial charge < -0.3 is 14.4 Å². The van der Waals surface area contributed by atoms with E-state index in [9.17, 15) is 9.59 Å². The number of hydrogen-bond acceptors (Lipinski definition) is 4. The monoisotopic (exact) mass is 241 g/mol. The van der Waals surface area contributed by atoms with Crippen molar-refractivity contribution < 1.29 is 19.1 Å². The van der Waals surface area contributed by atoms with Crippen LogP contribution in [0.15, 0.2) is 11.6 Å². The van der Waals surface area contributed by atoms with Crippen molar-refractivity contribution in [2.24, 2.45) is 5.41 Å². The molecule has 96 valence electrons. The Morgan fingerprint density at radius 1 is 1.47 bits per heavy atom. The first-order chi connectivity index (χ1) is 7.77. The molecule has 1 aliphatic heterocycles. The molecule has 0 saturated carbocycles. The van der Waals surface area contributed by atoms with Gasteiger partial charge in [0.2, 0.25) is 12.1 Å². The summed E-state index contributed by atoms with van der Waals surface area (Å²) in [6.45, 7) is 7.84. The average Bonchev–Trinajstić information content (AvgIpc) is 2.46. The van der Waals surface area contributed by atoms with Crippen LogP contribution in [0.25, 0.3) is 0 Å². The highest BCUT2D eigenvalue weighted by Gasteiger charge is 2.39. The number of nitrogens with zero attached hydrogens (tertiary/aromatic N) is 1. The minimum Gasteiger partial charge on any atom is -0.435 e. The molecule has 0 aliphatic carbocycles. The van der Waals surface area contributed by atoms with Crippen molar-refractivity contribution in [1.82, 2.24) is 4.90 Å². The lowest BCUT2D eigenvalue weighted by Crippen LogP contribution is -2.38. The van der Waals surface area contributed by atoms with Gasteiger partial charge in [-0.25, -0.2) is 4.79 Å². The third-order valence-electron chi connectivity index (χ3n) is 2.58. The van der Waals surface area contributed by atoms with Crippen LogP contribution in [-0.2, 0) is 14.3 Å².